The highest BCUT2D eigenvalue weighted by Gasteiger charge is 2.41. The summed E-state index contributed by atoms with van der Waals surface area (Å²) in [7, 11) is 0. The molecule has 0 spiro atoms. The van der Waals surface area contributed by atoms with Crippen LogP contribution in [0, 0.1) is 11.3 Å². The molecule has 1 amide bonds. The summed E-state index contributed by atoms with van der Waals surface area (Å²) in [6.45, 7) is 0. The Morgan fingerprint density at radius 1 is 1.18 bits per heavy atom. The molecule has 1 aliphatic heterocycles. The standard InChI is InChI=1S/C27H20ClN7O2S3/c28-15-10-8-14(9-11-15)22-16(12-29)24(30)35(18-5-3-6-19(36)23(18)22)26-33-34-27(40-26)38-13-21(37)32-25-31-17-4-1-2-7-20(17)39-25/h1-2,4,7-11,22H,3,5-6,13,30H2,(H,31,32,37). The number of halogens is 1. The maximum atomic E-state index is 13.2. The van der Waals surface area contributed by atoms with E-state index in [1.165, 1.54) is 34.4 Å². The second kappa shape index (κ2) is 11.0. The van der Waals surface area contributed by atoms with Gasteiger partial charge in [-0.1, -0.05) is 70.3 Å². The number of rotatable bonds is 6. The van der Waals surface area contributed by atoms with Crippen molar-refractivity contribution in [2.45, 2.75) is 29.5 Å². The van der Waals surface area contributed by atoms with Gasteiger partial charge in [0.15, 0.2) is 15.3 Å². The largest absolute Gasteiger partial charge is 0.384 e. The van der Waals surface area contributed by atoms with Crippen molar-refractivity contribution in [1.29, 1.82) is 5.26 Å². The lowest BCUT2D eigenvalue weighted by Crippen LogP contribution is -2.38. The van der Waals surface area contributed by atoms with E-state index in [4.69, 9.17) is 17.3 Å². The number of Topliss-reactive ketones (excluding diaryl/α,β-unsaturated/α-hetero) is 1. The van der Waals surface area contributed by atoms with Gasteiger partial charge in [-0.05, 0) is 42.7 Å². The minimum atomic E-state index is -0.575. The quantitative estimate of drug-likeness (QED) is 0.260. The van der Waals surface area contributed by atoms with Gasteiger partial charge in [0.2, 0.25) is 11.0 Å². The average molecular weight is 606 g/mol. The number of ketones is 1. The molecule has 0 fully saturated rings. The van der Waals surface area contributed by atoms with E-state index in [2.05, 4.69) is 26.6 Å². The fourth-order valence-corrected chi connectivity index (χ4v) is 7.54. The van der Waals surface area contributed by atoms with Gasteiger partial charge in [-0.2, -0.15) is 5.26 Å². The molecule has 1 aliphatic carbocycles. The second-order valence-electron chi connectivity index (χ2n) is 9.04. The minimum absolute atomic E-state index is 0.0166. The Morgan fingerprint density at radius 3 is 2.75 bits per heavy atom. The van der Waals surface area contributed by atoms with E-state index in [-0.39, 0.29) is 28.8 Å². The van der Waals surface area contributed by atoms with Gasteiger partial charge in [0.25, 0.3) is 0 Å². The number of nitriles is 1. The van der Waals surface area contributed by atoms with Crippen LogP contribution in [0.3, 0.4) is 0 Å². The fourth-order valence-electron chi connectivity index (χ4n) is 4.85. The lowest BCUT2D eigenvalue weighted by Gasteiger charge is -2.38. The Kier molecular flexibility index (Phi) is 7.29. The first-order chi connectivity index (χ1) is 19.4. The summed E-state index contributed by atoms with van der Waals surface area (Å²) >= 11 is 10.00. The number of hydrogen-bond acceptors (Lipinski definition) is 11. The van der Waals surface area contributed by atoms with Crippen molar-refractivity contribution in [3.8, 4) is 6.07 Å². The third kappa shape index (κ3) is 4.97. The zero-order valence-electron chi connectivity index (χ0n) is 20.8. The number of aromatic nitrogens is 3. The topological polar surface area (TPSA) is 138 Å². The van der Waals surface area contributed by atoms with Crippen LogP contribution < -0.4 is 16.0 Å². The van der Waals surface area contributed by atoms with Crippen molar-refractivity contribution in [2.24, 2.45) is 5.73 Å². The predicted octanol–water partition coefficient (Wildman–Crippen LogP) is 5.84. The first-order valence-electron chi connectivity index (χ1n) is 12.3. The van der Waals surface area contributed by atoms with Crippen molar-refractivity contribution in [1.82, 2.24) is 15.2 Å². The monoisotopic (exact) mass is 605 g/mol. The van der Waals surface area contributed by atoms with E-state index < -0.39 is 5.92 Å². The molecule has 4 aromatic rings. The maximum Gasteiger partial charge on any atom is 0.236 e. The van der Waals surface area contributed by atoms with Gasteiger partial charge in [-0.3, -0.25) is 14.5 Å². The Bertz CT molecular complexity index is 1720. The van der Waals surface area contributed by atoms with E-state index in [0.717, 1.165) is 21.5 Å². The Hall–Kier alpha value is -3.76. The number of hydrogen-bond donors (Lipinski definition) is 2. The molecule has 200 valence electrons. The van der Waals surface area contributed by atoms with Crippen LogP contribution in [0.4, 0.5) is 10.3 Å². The Labute approximate surface area is 246 Å². The van der Waals surface area contributed by atoms with Crippen LogP contribution in [0.5, 0.6) is 0 Å². The predicted molar refractivity (Wildman–Crippen MR) is 158 cm³/mol. The highest BCUT2D eigenvalue weighted by atomic mass is 35.5. The number of para-hydroxylation sites is 1. The average Bonchev–Trinajstić information content (AvgIpc) is 3.58. The van der Waals surface area contributed by atoms with E-state index in [9.17, 15) is 14.9 Å². The highest BCUT2D eigenvalue weighted by molar-refractivity contribution is 8.01. The SMILES string of the molecule is N#CC1=C(N)N(c2nnc(SCC(=O)Nc3nc4ccccc4s3)s2)C2=C(C(=O)CCC2)C1c1ccc(Cl)cc1. The van der Waals surface area contributed by atoms with Crippen LogP contribution in [0.15, 0.2) is 75.5 Å². The number of anilines is 2. The van der Waals surface area contributed by atoms with E-state index in [1.807, 2.05) is 36.4 Å². The van der Waals surface area contributed by atoms with Gasteiger partial charge in [-0.15, -0.1) is 10.2 Å². The van der Waals surface area contributed by atoms with E-state index in [0.29, 0.717) is 44.5 Å². The number of allylic oxidation sites excluding steroid dienone is 3. The molecule has 3 N–H and O–H groups in total. The zero-order valence-corrected chi connectivity index (χ0v) is 24.0. The number of thiazole rings is 1. The zero-order chi connectivity index (χ0) is 27.8. The molecule has 40 heavy (non-hydrogen) atoms. The molecule has 1 atom stereocenters. The number of fused-ring (bicyclic) bond motifs is 1. The number of thioether (sulfide) groups is 1. The number of carbonyl (C=O) groups excluding carboxylic acids is 2. The van der Waals surface area contributed by atoms with Crippen LogP contribution in [0.2, 0.25) is 5.02 Å². The fraction of sp³-hybridized carbons (Fsp3) is 0.185. The van der Waals surface area contributed by atoms with Gasteiger partial charge in [0, 0.05) is 22.7 Å². The molecule has 2 aromatic carbocycles. The molecule has 0 bridgehead atoms. The molecular weight excluding hydrogens is 586 g/mol. The summed E-state index contributed by atoms with van der Waals surface area (Å²) in [5.41, 5.74) is 9.77. The number of carbonyl (C=O) groups is 2. The van der Waals surface area contributed by atoms with Crippen molar-refractivity contribution >= 4 is 78.2 Å². The van der Waals surface area contributed by atoms with E-state index >= 15 is 0 Å². The number of benzene rings is 2. The molecule has 0 saturated carbocycles. The molecule has 3 heterocycles. The Morgan fingerprint density at radius 2 is 1.98 bits per heavy atom. The summed E-state index contributed by atoms with van der Waals surface area (Å²) in [5, 5.41) is 23.1. The van der Waals surface area contributed by atoms with Crippen LogP contribution >= 0.6 is 46.0 Å². The summed E-state index contributed by atoms with van der Waals surface area (Å²) < 4.78 is 1.56. The van der Waals surface area contributed by atoms with Crippen molar-refractivity contribution in [2.75, 3.05) is 16.0 Å². The highest BCUT2D eigenvalue weighted by Crippen LogP contribution is 2.47. The normalized spacial score (nSPS) is 17.2. The molecule has 13 heteroatoms. The van der Waals surface area contributed by atoms with Gasteiger partial charge in [0.1, 0.15) is 5.82 Å². The van der Waals surface area contributed by atoms with Crippen LogP contribution in [0.25, 0.3) is 10.2 Å². The molecule has 2 aliphatic rings. The lowest BCUT2D eigenvalue weighted by molar-refractivity contribution is -0.116. The number of amides is 1. The minimum Gasteiger partial charge on any atom is -0.384 e. The molecule has 1 unspecified atom stereocenters. The first kappa shape index (κ1) is 26.5. The molecule has 0 radical (unpaired) electrons. The molecule has 6 rings (SSSR count). The van der Waals surface area contributed by atoms with Gasteiger partial charge in [-0.25, -0.2) is 4.98 Å². The smallest absolute Gasteiger partial charge is 0.236 e. The molecule has 9 nitrogen and oxygen atoms in total. The van der Waals surface area contributed by atoms with Crippen molar-refractivity contribution < 1.29 is 9.59 Å². The summed E-state index contributed by atoms with van der Waals surface area (Å²) in [6.07, 6.45) is 1.68. The maximum absolute atomic E-state index is 13.2. The molecular formula is C27H20ClN7O2S3. The van der Waals surface area contributed by atoms with E-state index in [1.54, 1.807) is 17.0 Å². The van der Waals surface area contributed by atoms with Crippen LogP contribution in [-0.2, 0) is 9.59 Å². The van der Waals surface area contributed by atoms with Crippen molar-refractivity contribution in [3.63, 3.8) is 0 Å². The summed E-state index contributed by atoms with van der Waals surface area (Å²) in [4.78, 5) is 31.9. The van der Waals surface area contributed by atoms with Gasteiger partial charge < -0.3 is 11.1 Å². The van der Waals surface area contributed by atoms with Crippen molar-refractivity contribution in [3.05, 3.63) is 81.8 Å². The third-order valence-corrected chi connectivity index (χ3v) is 9.82. The summed E-state index contributed by atoms with van der Waals surface area (Å²) in [5.74, 6) is -0.466. The first-order valence-corrected chi connectivity index (χ1v) is 15.3. The lowest BCUT2D eigenvalue weighted by atomic mass is 9.76. The number of nitrogens with two attached hydrogens (primary N) is 1. The van der Waals surface area contributed by atoms with Crippen LogP contribution in [0.1, 0.15) is 30.7 Å². The third-order valence-electron chi connectivity index (χ3n) is 6.57. The molecule has 0 saturated heterocycles. The van der Waals surface area contributed by atoms with Gasteiger partial charge >= 0.3 is 0 Å². The molecule has 2 aromatic heterocycles. The van der Waals surface area contributed by atoms with Crippen LogP contribution in [-0.4, -0.2) is 32.6 Å². The van der Waals surface area contributed by atoms with Gasteiger partial charge in [0.05, 0.1) is 33.5 Å². The Balaban J connectivity index is 1.24. The number of nitrogens with one attached hydrogen (secondary N) is 1. The number of nitrogens with zero attached hydrogens (tertiary/aromatic N) is 5. The second-order valence-corrected chi connectivity index (χ2v) is 12.7. The summed E-state index contributed by atoms with van der Waals surface area (Å²) in [6, 6.07) is 17.0.